The predicted molar refractivity (Wildman–Crippen MR) is 109 cm³/mol. The summed E-state index contributed by atoms with van der Waals surface area (Å²) < 4.78 is 52.8. The molecule has 0 aliphatic heterocycles. The minimum absolute atomic E-state index is 0.0691. The molecular weight excluding hydrogens is 387 g/mol. The van der Waals surface area contributed by atoms with Crippen LogP contribution in [0.3, 0.4) is 0 Å². The van der Waals surface area contributed by atoms with Gasteiger partial charge in [0.05, 0.1) is 31.7 Å². The lowest BCUT2D eigenvalue weighted by molar-refractivity contribution is 0.173. The fraction of sp³-hybridized carbons (Fsp3) is 0.684. The Morgan fingerprint density at radius 3 is 2.04 bits per heavy atom. The molecule has 0 radical (unpaired) electrons. The van der Waals surface area contributed by atoms with Crippen molar-refractivity contribution in [3.63, 3.8) is 0 Å². The van der Waals surface area contributed by atoms with Gasteiger partial charge in [0.1, 0.15) is 0 Å². The molecule has 0 aromatic heterocycles. The monoisotopic (exact) mass is 420 g/mol. The Balaban J connectivity index is 2.82. The molecule has 27 heavy (non-hydrogen) atoms. The summed E-state index contributed by atoms with van der Waals surface area (Å²) in [6.45, 7) is 4.68. The van der Waals surface area contributed by atoms with E-state index in [1.165, 1.54) is 0 Å². The van der Waals surface area contributed by atoms with E-state index in [4.69, 9.17) is 13.2 Å². The van der Waals surface area contributed by atoms with Crippen molar-refractivity contribution < 1.29 is 26.2 Å². The fourth-order valence-electron chi connectivity index (χ4n) is 2.48. The average Bonchev–Trinajstić information content (AvgIpc) is 2.60. The van der Waals surface area contributed by atoms with Gasteiger partial charge in [0, 0.05) is 0 Å². The maximum absolute atomic E-state index is 13.2. The van der Waals surface area contributed by atoms with Gasteiger partial charge in [-0.3, -0.25) is 8.75 Å². The first-order chi connectivity index (χ1) is 12.8. The van der Waals surface area contributed by atoms with E-state index in [0.717, 1.165) is 37.5 Å². The standard InChI is InChI=1S/C19H33O6PS/c1-4-6-15-23-26(20,24-16-7-5-2)17-19(25-27(3,21)22)14-13-18-11-9-8-10-12-18/h8-12,19H,4-7,13-17H2,1-3H3. The Labute approximate surface area is 164 Å². The highest BCUT2D eigenvalue weighted by Crippen LogP contribution is 2.50. The van der Waals surface area contributed by atoms with Crippen LogP contribution in [0.25, 0.3) is 0 Å². The highest BCUT2D eigenvalue weighted by molar-refractivity contribution is 7.86. The quantitative estimate of drug-likeness (QED) is 0.231. The zero-order valence-electron chi connectivity index (χ0n) is 16.6. The van der Waals surface area contributed by atoms with Crippen LogP contribution in [0.15, 0.2) is 30.3 Å². The van der Waals surface area contributed by atoms with Crippen molar-refractivity contribution in [1.82, 2.24) is 0 Å². The molecule has 8 heteroatoms. The van der Waals surface area contributed by atoms with E-state index in [-0.39, 0.29) is 6.16 Å². The van der Waals surface area contributed by atoms with Gasteiger partial charge in [0.25, 0.3) is 10.1 Å². The van der Waals surface area contributed by atoms with E-state index >= 15 is 0 Å². The number of aryl methyl sites for hydroxylation is 1. The molecule has 1 aromatic rings. The number of hydrogen-bond donors (Lipinski definition) is 0. The zero-order valence-corrected chi connectivity index (χ0v) is 18.3. The third-order valence-electron chi connectivity index (χ3n) is 3.91. The van der Waals surface area contributed by atoms with E-state index in [9.17, 15) is 13.0 Å². The van der Waals surface area contributed by atoms with Gasteiger partial charge in [-0.15, -0.1) is 0 Å². The summed E-state index contributed by atoms with van der Waals surface area (Å²) in [5.41, 5.74) is 1.06. The Morgan fingerprint density at radius 2 is 1.56 bits per heavy atom. The van der Waals surface area contributed by atoms with E-state index in [1.54, 1.807) is 0 Å². The maximum Gasteiger partial charge on any atom is 0.333 e. The molecule has 156 valence electrons. The topological polar surface area (TPSA) is 78.9 Å². The molecule has 0 heterocycles. The number of unbranched alkanes of at least 4 members (excludes halogenated alkanes) is 2. The molecule has 0 N–H and O–H groups in total. The minimum Gasteiger partial charge on any atom is -0.309 e. The minimum atomic E-state index is -3.68. The van der Waals surface area contributed by atoms with Crippen molar-refractivity contribution in [2.75, 3.05) is 25.6 Å². The lowest BCUT2D eigenvalue weighted by Crippen LogP contribution is -2.24. The SMILES string of the molecule is CCCCOP(=O)(CC(CCc1ccccc1)OS(C)(=O)=O)OCCCC. The molecule has 1 rings (SSSR count). The summed E-state index contributed by atoms with van der Waals surface area (Å²) in [4.78, 5) is 0. The second-order valence-electron chi connectivity index (χ2n) is 6.61. The summed E-state index contributed by atoms with van der Waals surface area (Å²) >= 11 is 0. The van der Waals surface area contributed by atoms with Gasteiger partial charge in [0.2, 0.25) is 0 Å². The molecule has 1 aromatic carbocycles. The number of benzene rings is 1. The summed E-state index contributed by atoms with van der Waals surface area (Å²) in [6, 6.07) is 9.70. The van der Waals surface area contributed by atoms with E-state index in [0.29, 0.717) is 26.1 Å². The Kier molecular flexibility index (Phi) is 11.4. The van der Waals surface area contributed by atoms with Gasteiger partial charge >= 0.3 is 7.60 Å². The van der Waals surface area contributed by atoms with E-state index < -0.39 is 23.8 Å². The maximum atomic E-state index is 13.2. The smallest absolute Gasteiger partial charge is 0.309 e. The summed E-state index contributed by atoms with van der Waals surface area (Å²) in [7, 11) is -7.11. The lowest BCUT2D eigenvalue weighted by atomic mass is 10.1. The Hall–Kier alpha value is -0.720. The van der Waals surface area contributed by atoms with Crippen molar-refractivity contribution in [3.05, 3.63) is 35.9 Å². The molecular formula is C19H33O6PS. The van der Waals surface area contributed by atoms with Crippen LogP contribution in [-0.2, 0) is 34.3 Å². The van der Waals surface area contributed by atoms with Crippen LogP contribution < -0.4 is 0 Å². The molecule has 0 fully saturated rings. The molecule has 1 unspecified atom stereocenters. The van der Waals surface area contributed by atoms with E-state index in [2.05, 4.69) is 0 Å². The highest BCUT2D eigenvalue weighted by Gasteiger charge is 2.31. The van der Waals surface area contributed by atoms with Gasteiger partial charge in [-0.25, -0.2) is 0 Å². The van der Waals surface area contributed by atoms with Crippen molar-refractivity contribution in [1.29, 1.82) is 0 Å². The Bertz CT molecular complexity index is 648. The van der Waals surface area contributed by atoms with Gasteiger partial charge in [-0.2, -0.15) is 8.42 Å². The van der Waals surface area contributed by atoms with Crippen LogP contribution in [0, 0.1) is 0 Å². The third-order valence-corrected chi connectivity index (χ3v) is 6.54. The first-order valence-corrected chi connectivity index (χ1v) is 13.1. The van der Waals surface area contributed by atoms with Gasteiger partial charge in [-0.05, 0) is 31.2 Å². The number of rotatable bonds is 15. The second kappa shape index (κ2) is 12.7. The van der Waals surface area contributed by atoms with Crippen molar-refractivity contribution in [3.8, 4) is 0 Å². The van der Waals surface area contributed by atoms with Gasteiger partial charge in [0.15, 0.2) is 0 Å². The Morgan fingerprint density at radius 1 is 1.00 bits per heavy atom. The van der Waals surface area contributed by atoms with Crippen LogP contribution in [0.1, 0.15) is 51.5 Å². The summed E-state index contributed by atoms with van der Waals surface area (Å²) in [6.07, 6.45) is 4.56. The lowest BCUT2D eigenvalue weighted by Gasteiger charge is -2.23. The highest BCUT2D eigenvalue weighted by atomic mass is 32.2. The molecule has 1 atom stereocenters. The zero-order chi connectivity index (χ0) is 20.2. The van der Waals surface area contributed by atoms with E-state index in [1.807, 2.05) is 44.2 Å². The molecule has 0 spiro atoms. The normalized spacial score (nSPS) is 13.6. The third kappa shape index (κ3) is 11.7. The molecule has 0 aliphatic rings. The molecule has 0 saturated carbocycles. The first-order valence-electron chi connectivity index (χ1n) is 9.58. The largest absolute Gasteiger partial charge is 0.333 e. The van der Waals surface area contributed by atoms with Crippen LogP contribution >= 0.6 is 7.60 Å². The summed E-state index contributed by atoms with van der Waals surface area (Å²) in [5.74, 6) is 0. The molecule has 0 saturated heterocycles. The van der Waals surface area contributed by atoms with Crippen LogP contribution in [0.5, 0.6) is 0 Å². The fourth-order valence-corrected chi connectivity index (χ4v) is 5.09. The molecule has 0 bridgehead atoms. The average molecular weight is 421 g/mol. The molecule has 6 nitrogen and oxygen atoms in total. The van der Waals surface area contributed by atoms with Crippen LogP contribution in [0.2, 0.25) is 0 Å². The van der Waals surface area contributed by atoms with Gasteiger partial charge < -0.3 is 9.05 Å². The molecule has 0 amide bonds. The number of hydrogen-bond acceptors (Lipinski definition) is 6. The van der Waals surface area contributed by atoms with Gasteiger partial charge in [-0.1, -0.05) is 57.0 Å². The van der Waals surface area contributed by atoms with Crippen LogP contribution in [0.4, 0.5) is 0 Å². The van der Waals surface area contributed by atoms with Crippen molar-refractivity contribution >= 4 is 17.7 Å². The second-order valence-corrected chi connectivity index (χ2v) is 10.3. The molecule has 0 aliphatic carbocycles. The first kappa shape index (κ1) is 24.3. The van der Waals surface area contributed by atoms with Crippen molar-refractivity contribution in [2.24, 2.45) is 0 Å². The van der Waals surface area contributed by atoms with Crippen molar-refractivity contribution in [2.45, 2.75) is 58.5 Å². The summed E-state index contributed by atoms with van der Waals surface area (Å²) in [5, 5.41) is 0. The predicted octanol–water partition coefficient (Wildman–Crippen LogP) is 4.79. The van der Waals surface area contributed by atoms with Crippen LogP contribution in [-0.4, -0.2) is 40.2 Å².